The molecule has 0 aliphatic carbocycles. The van der Waals surface area contributed by atoms with Crippen LogP contribution in [-0.2, 0) is 11.2 Å². The average molecular weight is 377 g/mol. The number of anilines is 1. The number of fused-ring (bicyclic) bond motifs is 5. The van der Waals surface area contributed by atoms with Gasteiger partial charge in [0.15, 0.2) is 5.82 Å². The number of amides is 1. The number of nitrogens with zero attached hydrogens (tertiary/aromatic N) is 5. The maximum Gasteiger partial charge on any atom is 0.230 e. The molecule has 5 rings (SSSR count). The van der Waals surface area contributed by atoms with E-state index in [0.29, 0.717) is 6.42 Å². The Hall–Kier alpha value is -3.00. The Labute approximate surface area is 162 Å². The van der Waals surface area contributed by atoms with Crippen LogP contribution in [0.5, 0.6) is 0 Å². The van der Waals surface area contributed by atoms with Crippen molar-refractivity contribution in [3.8, 4) is 5.82 Å². The summed E-state index contributed by atoms with van der Waals surface area (Å²) in [5, 5.41) is 2.76. The van der Waals surface area contributed by atoms with Crippen LogP contribution in [0.2, 0.25) is 0 Å². The van der Waals surface area contributed by atoms with Gasteiger partial charge in [0.25, 0.3) is 0 Å². The van der Waals surface area contributed by atoms with E-state index in [2.05, 4.69) is 10.2 Å². The number of carbonyl (C=O) groups is 1. The number of imidazole rings is 1. The summed E-state index contributed by atoms with van der Waals surface area (Å²) in [6.07, 6.45) is 4.39. The van der Waals surface area contributed by atoms with Crippen molar-refractivity contribution in [2.24, 2.45) is 5.73 Å². The summed E-state index contributed by atoms with van der Waals surface area (Å²) >= 11 is 0. The molecule has 28 heavy (non-hydrogen) atoms. The lowest BCUT2D eigenvalue weighted by Gasteiger charge is -2.32. The van der Waals surface area contributed by atoms with Crippen molar-refractivity contribution in [2.75, 3.05) is 25.0 Å². The van der Waals surface area contributed by atoms with Crippen molar-refractivity contribution in [2.45, 2.75) is 31.2 Å². The molecule has 2 unspecified atom stereocenters. The van der Waals surface area contributed by atoms with Gasteiger partial charge in [-0.3, -0.25) is 14.3 Å². The second-order valence-corrected chi connectivity index (χ2v) is 7.51. The first-order valence-corrected chi connectivity index (χ1v) is 9.71. The highest BCUT2D eigenvalue weighted by molar-refractivity contribution is 5.87. The molecule has 1 amide bonds. The molecule has 2 aliphatic heterocycles. The predicted octanol–water partition coefficient (Wildman–Crippen LogP) is 1.13. The zero-order chi connectivity index (χ0) is 19.3. The highest BCUT2D eigenvalue weighted by Gasteiger charge is 2.34. The van der Waals surface area contributed by atoms with Crippen LogP contribution in [0, 0.1) is 0 Å². The first-order chi connectivity index (χ1) is 13.7. The maximum atomic E-state index is 12.5. The Bertz CT molecular complexity index is 1060. The first kappa shape index (κ1) is 17.1. The molecule has 3 aromatic rings. The molecule has 1 saturated heterocycles. The number of carbonyl (C=O) groups excluding carboxylic acids is 1. The molecule has 144 valence electrons. The van der Waals surface area contributed by atoms with Crippen LogP contribution >= 0.6 is 0 Å². The maximum absolute atomic E-state index is 12.5. The van der Waals surface area contributed by atoms with E-state index in [-0.39, 0.29) is 17.9 Å². The number of hydrogen-bond donors (Lipinski definition) is 2. The van der Waals surface area contributed by atoms with Crippen molar-refractivity contribution in [1.82, 2.24) is 24.8 Å². The van der Waals surface area contributed by atoms with Crippen molar-refractivity contribution in [3.63, 3.8) is 0 Å². The lowest BCUT2D eigenvalue weighted by atomic mass is 9.97. The van der Waals surface area contributed by atoms with Crippen LogP contribution in [0.15, 0.2) is 30.5 Å². The average Bonchev–Trinajstić information content (AvgIpc) is 3.12. The largest absolute Gasteiger partial charge is 0.359 e. The van der Waals surface area contributed by atoms with Crippen molar-refractivity contribution >= 4 is 22.8 Å². The molecule has 3 N–H and O–H groups in total. The van der Waals surface area contributed by atoms with Gasteiger partial charge in [0.05, 0.1) is 22.9 Å². The monoisotopic (exact) mass is 377 g/mol. The Morgan fingerprint density at radius 1 is 1.29 bits per heavy atom. The van der Waals surface area contributed by atoms with Gasteiger partial charge in [-0.05, 0) is 25.0 Å². The summed E-state index contributed by atoms with van der Waals surface area (Å²) in [6, 6.07) is 8.05. The smallest absolute Gasteiger partial charge is 0.230 e. The summed E-state index contributed by atoms with van der Waals surface area (Å²) in [4.78, 5) is 29.1. The van der Waals surface area contributed by atoms with E-state index in [9.17, 15) is 4.79 Å². The minimum atomic E-state index is -0.381. The Morgan fingerprint density at radius 2 is 2.14 bits per heavy atom. The number of likely N-dealkylation sites (N-methyl/N-ethyl adjacent to an activating group) is 1. The molecule has 4 heterocycles. The number of aromatic nitrogens is 4. The predicted molar refractivity (Wildman–Crippen MR) is 107 cm³/mol. The second kappa shape index (κ2) is 6.56. The molecule has 8 nitrogen and oxygen atoms in total. The van der Waals surface area contributed by atoms with E-state index >= 15 is 0 Å². The Kier molecular flexibility index (Phi) is 4.01. The van der Waals surface area contributed by atoms with Gasteiger partial charge < -0.3 is 16.0 Å². The van der Waals surface area contributed by atoms with Crippen LogP contribution < -0.4 is 16.0 Å². The van der Waals surface area contributed by atoms with Crippen LogP contribution in [0.25, 0.3) is 16.9 Å². The SMILES string of the molecule is CNC(=O)C1Cc2ncc(N3CCCC(N)C3)nc2-n2c1nc1ccccc12. The molecule has 2 atom stereocenters. The molecule has 2 aromatic heterocycles. The van der Waals surface area contributed by atoms with Crippen LogP contribution in [0.1, 0.15) is 30.3 Å². The number of nitrogens with two attached hydrogens (primary N) is 1. The number of para-hydroxylation sites is 2. The molecule has 0 saturated carbocycles. The van der Waals surface area contributed by atoms with Gasteiger partial charge in [0.1, 0.15) is 17.6 Å². The molecule has 8 heteroatoms. The van der Waals surface area contributed by atoms with E-state index in [0.717, 1.165) is 60.1 Å². The normalized spacial score (nSPS) is 21.3. The third-order valence-electron chi connectivity index (χ3n) is 5.67. The third-order valence-corrected chi connectivity index (χ3v) is 5.67. The lowest BCUT2D eigenvalue weighted by Crippen LogP contribution is -2.43. The Morgan fingerprint density at radius 3 is 2.96 bits per heavy atom. The molecule has 1 fully saturated rings. The summed E-state index contributed by atoms with van der Waals surface area (Å²) in [5.74, 6) is 1.87. The van der Waals surface area contributed by atoms with E-state index in [4.69, 9.17) is 20.7 Å². The van der Waals surface area contributed by atoms with E-state index < -0.39 is 0 Å². The van der Waals surface area contributed by atoms with Gasteiger partial charge in [0, 0.05) is 32.6 Å². The zero-order valence-electron chi connectivity index (χ0n) is 15.8. The van der Waals surface area contributed by atoms with Crippen molar-refractivity contribution < 1.29 is 4.79 Å². The standard InChI is InChI=1S/C20H23N7O/c1-22-20(28)13-9-15-19(27-16-7-3-2-6-14(16)24-18(13)27)25-17(10-23-15)26-8-4-5-12(21)11-26/h2-3,6-7,10,12-13H,4-5,8-9,11,21H2,1H3,(H,22,28). The summed E-state index contributed by atoms with van der Waals surface area (Å²) < 4.78 is 1.99. The number of benzene rings is 1. The quantitative estimate of drug-likeness (QED) is 0.694. The van der Waals surface area contributed by atoms with Gasteiger partial charge in [0.2, 0.25) is 5.91 Å². The van der Waals surface area contributed by atoms with Gasteiger partial charge in [-0.2, -0.15) is 0 Å². The summed E-state index contributed by atoms with van der Waals surface area (Å²) in [6.45, 7) is 1.71. The minimum Gasteiger partial charge on any atom is -0.359 e. The van der Waals surface area contributed by atoms with Crippen molar-refractivity contribution in [3.05, 3.63) is 42.0 Å². The highest BCUT2D eigenvalue weighted by Crippen LogP contribution is 2.35. The molecule has 0 radical (unpaired) electrons. The molecule has 0 spiro atoms. The fourth-order valence-electron chi connectivity index (χ4n) is 4.26. The van der Waals surface area contributed by atoms with E-state index in [1.54, 1.807) is 7.05 Å². The number of hydrogen-bond acceptors (Lipinski definition) is 6. The second-order valence-electron chi connectivity index (χ2n) is 7.51. The van der Waals surface area contributed by atoms with E-state index in [1.165, 1.54) is 0 Å². The fourth-order valence-corrected chi connectivity index (χ4v) is 4.26. The summed E-state index contributed by atoms with van der Waals surface area (Å²) in [5.41, 5.74) is 8.76. The van der Waals surface area contributed by atoms with Gasteiger partial charge >= 0.3 is 0 Å². The van der Waals surface area contributed by atoms with E-state index in [1.807, 2.05) is 35.0 Å². The zero-order valence-corrected chi connectivity index (χ0v) is 15.8. The number of rotatable bonds is 2. The Balaban J connectivity index is 1.67. The van der Waals surface area contributed by atoms with Gasteiger partial charge in [-0.15, -0.1) is 0 Å². The summed E-state index contributed by atoms with van der Waals surface area (Å²) in [7, 11) is 1.65. The fraction of sp³-hybridized carbons (Fsp3) is 0.400. The topological polar surface area (TPSA) is 102 Å². The lowest BCUT2D eigenvalue weighted by molar-refractivity contribution is -0.122. The first-order valence-electron chi connectivity index (χ1n) is 9.71. The molecular weight excluding hydrogens is 354 g/mol. The van der Waals surface area contributed by atoms with Crippen LogP contribution in [-0.4, -0.2) is 51.6 Å². The molecular formula is C20H23N7O. The van der Waals surface area contributed by atoms with Crippen molar-refractivity contribution in [1.29, 1.82) is 0 Å². The molecule has 2 aliphatic rings. The van der Waals surface area contributed by atoms with Crippen LogP contribution in [0.4, 0.5) is 5.82 Å². The molecule has 1 aromatic carbocycles. The molecule has 0 bridgehead atoms. The highest BCUT2D eigenvalue weighted by atomic mass is 16.1. The van der Waals surface area contributed by atoms with Crippen LogP contribution in [0.3, 0.4) is 0 Å². The third kappa shape index (κ3) is 2.63. The van der Waals surface area contributed by atoms with Gasteiger partial charge in [-0.1, -0.05) is 12.1 Å². The minimum absolute atomic E-state index is 0.0601. The van der Waals surface area contributed by atoms with Gasteiger partial charge in [-0.25, -0.2) is 9.97 Å². The number of piperidine rings is 1. The number of nitrogens with one attached hydrogen (secondary N) is 1.